The lowest BCUT2D eigenvalue weighted by Gasteiger charge is -2.08. The molecule has 0 radical (unpaired) electrons. The summed E-state index contributed by atoms with van der Waals surface area (Å²) in [6, 6.07) is 5.68. The number of thioether (sulfide) groups is 1. The second-order valence-corrected chi connectivity index (χ2v) is 5.77. The van der Waals surface area contributed by atoms with E-state index >= 15 is 0 Å². The van der Waals surface area contributed by atoms with E-state index < -0.39 is 0 Å². The first-order valence-electron chi connectivity index (χ1n) is 6.14. The zero-order chi connectivity index (χ0) is 13.4. The molecule has 1 rings (SSSR count). The van der Waals surface area contributed by atoms with Crippen LogP contribution in [0.1, 0.15) is 36.5 Å². The first-order chi connectivity index (χ1) is 8.63. The van der Waals surface area contributed by atoms with Gasteiger partial charge in [0.25, 0.3) is 0 Å². The Morgan fingerprint density at radius 3 is 2.67 bits per heavy atom. The molecule has 0 saturated carbocycles. The zero-order valence-electron chi connectivity index (χ0n) is 10.6. The van der Waals surface area contributed by atoms with Gasteiger partial charge in [-0.2, -0.15) is 11.8 Å². The molecule has 1 aromatic carbocycles. The van der Waals surface area contributed by atoms with E-state index in [2.05, 4.69) is 6.92 Å². The van der Waals surface area contributed by atoms with E-state index in [1.807, 2.05) is 0 Å². The molecule has 4 heteroatoms. The van der Waals surface area contributed by atoms with Gasteiger partial charge in [0.2, 0.25) is 0 Å². The molecule has 1 N–H and O–H groups in total. The minimum Gasteiger partial charge on any atom is -0.396 e. The van der Waals surface area contributed by atoms with E-state index in [0.717, 1.165) is 18.6 Å². The molecule has 100 valence electrons. The standard InChI is InChI=1S/C14H19FO2S/c1-11(8-9-16)18-10-2-3-14(17)12-4-6-13(15)7-5-12/h4-7,11,16H,2-3,8-10H2,1H3. The molecule has 18 heavy (non-hydrogen) atoms. The average Bonchev–Trinajstić information content (AvgIpc) is 2.35. The van der Waals surface area contributed by atoms with Crippen LogP contribution in [0.3, 0.4) is 0 Å². The Labute approximate surface area is 112 Å². The molecule has 0 aliphatic rings. The fraction of sp³-hybridized carbons (Fsp3) is 0.500. The third kappa shape index (κ3) is 5.65. The molecule has 0 amide bonds. The van der Waals surface area contributed by atoms with Crippen LogP contribution in [0.25, 0.3) is 0 Å². The second-order valence-electron chi connectivity index (χ2n) is 4.23. The highest BCUT2D eigenvalue weighted by molar-refractivity contribution is 7.99. The highest BCUT2D eigenvalue weighted by Gasteiger charge is 2.06. The maximum atomic E-state index is 12.7. The van der Waals surface area contributed by atoms with E-state index in [1.165, 1.54) is 24.3 Å². The largest absolute Gasteiger partial charge is 0.396 e. The van der Waals surface area contributed by atoms with Gasteiger partial charge in [0.05, 0.1) is 0 Å². The number of carbonyl (C=O) groups is 1. The third-order valence-electron chi connectivity index (χ3n) is 2.65. The van der Waals surface area contributed by atoms with E-state index in [1.54, 1.807) is 11.8 Å². The van der Waals surface area contributed by atoms with Crippen LogP contribution in [0.15, 0.2) is 24.3 Å². The van der Waals surface area contributed by atoms with Crippen LogP contribution in [0.4, 0.5) is 4.39 Å². The van der Waals surface area contributed by atoms with Crippen molar-refractivity contribution in [1.29, 1.82) is 0 Å². The van der Waals surface area contributed by atoms with Crippen LogP contribution in [0.5, 0.6) is 0 Å². The van der Waals surface area contributed by atoms with Crippen molar-refractivity contribution < 1.29 is 14.3 Å². The van der Waals surface area contributed by atoms with E-state index in [9.17, 15) is 9.18 Å². The summed E-state index contributed by atoms with van der Waals surface area (Å²) in [5.41, 5.74) is 0.574. The van der Waals surface area contributed by atoms with E-state index in [0.29, 0.717) is 17.2 Å². The molecule has 0 fully saturated rings. The van der Waals surface area contributed by atoms with Crippen LogP contribution in [-0.4, -0.2) is 28.5 Å². The number of Topliss-reactive ketones (excluding diaryl/α,β-unsaturated/α-hetero) is 1. The van der Waals surface area contributed by atoms with E-state index in [4.69, 9.17) is 5.11 Å². The lowest BCUT2D eigenvalue weighted by molar-refractivity contribution is 0.0982. The number of aliphatic hydroxyl groups excluding tert-OH is 1. The van der Waals surface area contributed by atoms with E-state index in [-0.39, 0.29) is 18.2 Å². The van der Waals surface area contributed by atoms with Crippen molar-refractivity contribution in [3.05, 3.63) is 35.6 Å². The number of halogens is 1. The number of ketones is 1. The molecule has 2 nitrogen and oxygen atoms in total. The van der Waals surface area contributed by atoms with Crippen LogP contribution >= 0.6 is 11.8 Å². The average molecular weight is 270 g/mol. The summed E-state index contributed by atoms with van der Waals surface area (Å²) in [5, 5.41) is 9.18. The SMILES string of the molecule is CC(CCO)SCCCC(=O)c1ccc(F)cc1. The molecule has 0 aromatic heterocycles. The van der Waals surface area contributed by atoms with Gasteiger partial charge in [-0.1, -0.05) is 6.92 Å². The summed E-state index contributed by atoms with van der Waals surface area (Å²) in [6.45, 7) is 2.28. The van der Waals surface area contributed by atoms with Crippen LogP contribution in [-0.2, 0) is 0 Å². The minimum absolute atomic E-state index is 0.0606. The number of carbonyl (C=O) groups excluding carboxylic acids is 1. The molecule has 0 saturated heterocycles. The number of hydrogen-bond acceptors (Lipinski definition) is 3. The first-order valence-corrected chi connectivity index (χ1v) is 7.19. The molecule has 1 atom stereocenters. The molecule has 0 aliphatic heterocycles. The quantitative estimate of drug-likeness (QED) is 0.582. The Morgan fingerprint density at radius 2 is 2.06 bits per heavy atom. The third-order valence-corrected chi connectivity index (χ3v) is 3.98. The molecule has 0 bridgehead atoms. The Hall–Kier alpha value is -0.870. The lowest BCUT2D eigenvalue weighted by atomic mass is 10.1. The highest BCUT2D eigenvalue weighted by Crippen LogP contribution is 2.16. The van der Waals surface area contributed by atoms with Crippen molar-refractivity contribution in [1.82, 2.24) is 0 Å². The molecule has 0 aliphatic carbocycles. The second kappa shape index (κ2) is 8.27. The summed E-state index contributed by atoms with van der Waals surface area (Å²) < 4.78 is 12.7. The summed E-state index contributed by atoms with van der Waals surface area (Å²) >= 11 is 1.77. The first kappa shape index (κ1) is 15.2. The molecular weight excluding hydrogens is 251 g/mol. The van der Waals surface area contributed by atoms with Gasteiger partial charge in [-0.3, -0.25) is 4.79 Å². The fourth-order valence-electron chi connectivity index (χ4n) is 1.56. The Morgan fingerprint density at radius 1 is 1.39 bits per heavy atom. The van der Waals surface area contributed by atoms with Gasteiger partial charge in [0.15, 0.2) is 5.78 Å². The van der Waals surface area contributed by atoms with Crippen LogP contribution in [0.2, 0.25) is 0 Å². The molecule has 1 unspecified atom stereocenters. The predicted octanol–water partition coefficient (Wildman–Crippen LogP) is 3.29. The van der Waals surface area contributed by atoms with Gasteiger partial charge in [-0.05, 0) is 42.9 Å². The van der Waals surface area contributed by atoms with Gasteiger partial charge in [-0.25, -0.2) is 4.39 Å². The smallest absolute Gasteiger partial charge is 0.162 e. The predicted molar refractivity (Wildman–Crippen MR) is 73.6 cm³/mol. The number of rotatable bonds is 8. The van der Waals surface area contributed by atoms with Crippen molar-refractivity contribution in [3.8, 4) is 0 Å². The van der Waals surface area contributed by atoms with Crippen LogP contribution in [0, 0.1) is 5.82 Å². The maximum absolute atomic E-state index is 12.7. The Balaban J connectivity index is 2.23. The van der Waals surface area contributed by atoms with Gasteiger partial charge in [-0.15, -0.1) is 0 Å². The molecule has 0 spiro atoms. The van der Waals surface area contributed by atoms with Crippen molar-refractivity contribution in [3.63, 3.8) is 0 Å². The number of aliphatic hydroxyl groups is 1. The molecular formula is C14H19FO2S. The summed E-state index contributed by atoms with van der Waals surface area (Å²) in [5.74, 6) is 0.652. The lowest BCUT2D eigenvalue weighted by Crippen LogP contribution is -2.03. The normalized spacial score (nSPS) is 12.4. The number of benzene rings is 1. The van der Waals surface area contributed by atoms with Gasteiger partial charge in [0.1, 0.15) is 5.82 Å². The van der Waals surface area contributed by atoms with Crippen LogP contribution < -0.4 is 0 Å². The van der Waals surface area contributed by atoms with Crippen molar-refractivity contribution in [2.45, 2.75) is 31.4 Å². The maximum Gasteiger partial charge on any atom is 0.162 e. The number of hydrogen-bond donors (Lipinski definition) is 1. The van der Waals surface area contributed by atoms with Crippen molar-refractivity contribution in [2.75, 3.05) is 12.4 Å². The summed E-state index contributed by atoms with van der Waals surface area (Å²) in [6.07, 6.45) is 2.09. The summed E-state index contributed by atoms with van der Waals surface area (Å²) in [4.78, 5) is 11.8. The monoisotopic (exact) mass is 270 g/mol. The topological polar surface area (TPSA) is 37.3 Å². The molecule has 0 heterocycles. The van der Waals surface area contributed by atoms with Gasteiger partial charge < -0.3 is 5.11 Å². The van der Waals surface area contributed by atoms with Crippen molar-refractivity contribution in [2.24, 2.45) is 0 Å². The summed E-state index contributed by atoms with van der Waals surface area (Å²) in [7, 11) is 0. The van der Waals surface area contributed by atoms with Gasteiger partial charge >= 0.3 is 0 Å². The highest BCUT2D eigenvalue weighted by atomic mass is 32.2. The fourth-order valence-corrected chi connectivity index (χ4v) is 2.55. The zero-order valence-corrected chi connectivity index (χ0v) is 11.4. The minimum atomic E-state index is -0.320. The Kier molecular flexibility index (Phi) is 6.98. The van der Waals surface area contributed by atoms with Crippen molar-refractivity contribution >= 4 is 17.5 Å². The molecule has 1 aromatic rings. The van der Waals surface area contributed by atoms with Gasteiger partial charge in [0, 0.05) is 23.8 Å². The Bertz CT molecular complexity index is 365.